The van der Waals surface area contributed by atoms with Gasteiger partial charge in [0.05, 0.1) is 30.0 Å². The van der Waals surface area contributed by atoms with E-state index in [4.69, 9.17) is 9.47 Å². The van der Waals surface area contributed by atoms with E-state index in [1.165, 1.54) is 28.8 Å². The first-order chi connectivity index (χ1) is 19.3. The lowest BCUT2D eigenvalue weighted by atomic mass is 9.91. The molecule has 10 heteroatoms. The van der Waals surface area contributed by atoms with Crippen LogP contribution in [0.4, 0.5) is 8.78 Å². The minimum absolute atomic E-state index is 0.146. The average Bonchev–Trinajstić information content (AvgIpc) is 3.30. The number of carbonyl (C=O) groups excluding carboxylic acids is 1. The van der Waals surface area contributed by atoms with E-state index >= 15 is 4.39 Å². The SMILES string of the molecule is Cc1nc2cc(CC(=O)c3cccc(F)c3)nn2c(-c2cc(F)c3c(c2C)CCCO3)c1[C@H](OC(C)(C)C)C(=O)O. The van der Waals surface area contributed by atoms with Gasteiger partial charge in [0.25, 0.3) is 0 Å². The molecule has 4 aromatic rings. The zero-order chi connectivity index (χ0) is 29.6. The summed E-state index contributed by atoms with van der Waals surface area (Å²) in [7, 11) is 0. The fourth-order valence-corrected chi connectivity index (χ4v) is 5.26. The Bertz CT molecular complexity index is 1690. The molecule has 0 bridgehead atoms. The maximum atomic E-state index is 15.5. The van der Waals surface area contributed by atoms with E-state index in [1.807, 2.05) is 6.92 Å². The van der Waals surface area contributed by atoms with Crippen molar-refractivity contribution in [3.05, 3.63) is 81.7 Å². The number of aromatic nitrogens is 3. The molecule has 214 valence electrons. The predicted octanol–water partition coefficient (Wildman–Crippen LogP) is 5.98. The number of ketones is 1. The van der Waals surface area contributed by atoms with Gasteiger partial charge in [0, 0.05) is 34.0 Å². The molecular formula is C31H31F2N3O5. The molecule has 1 aliphatic rings. The number of carboxylic acid groups (broad SMARTS) is 1. The normalized spacial score (nSPS) is 14.0. The Kier molecular flexibility index (Phi) is 7.37. The summed E-state index contributed by atoms with van der Waals surface area (Å²) in [5.41, 5.74) is 2.79. The highest BCUT2D eigenvalue weighted by molar-refractivity contribution is 5.97. The fraction of sp³-hybridized carbons (Fsp3) is 0.355. The fourth-order valence-electron chi connectivity index (χ4n) is 5.26. The average molecular weight is 564 g/mol. The Hall–Kier alpha value is -4.18. The highest BCUT2D eigenvalue weighted by Crippen LogP contribution is 2.41. The lowest BCUT2D eigenvalue weighted by Crippen LogP contribution is -2.29. The van der Waals surface area contributed by atoms with Crippen LogP contribution in [0.25, 0.3) is 16.9 Å². The van der Waals surface area contributed by atoms with E-state index in [1.54, 1.807) is 33.8 Å². The van der Waals surface area contributed by atoms with E-state index in [-0.39, 0.29) is 29.1 Å². The molecule has 1 aliphatic heterocycles. The highest BCUT2D eigenvalue weighted by atomic mass is 19.1. The molecular weight excluding hydrogens is 532 g/mol. The standard InChI is InChI=1S/C31H31F2N3O5/c1-16-21-10-7-11-40-28(21)23(33)15-22(16)27-26(29(30(38)39)41-31(3,4)5)17(2)34-25-14-20(35-36(25)27)13-24(37)18-8-6-9-19(32)12-18/h6,8-9,12,14-15,29H,7,10-11,13H2,1-5H3,(H,38,39)/t29-/m0/s1. The molecule has 2 aromatic carbocycles. The van der Waals surface area contributed by atoms with Crippen LogP contribution in [0, 0.1) is 25.5 Å². The third kappa shape index (κ3) is 5.56. The second kappa shape index (κ2) is 10.7. The second-order valence-electron chi connectivity index (χ2n) is 11.2. The van der Waals surface area contributed by atoms with Gasteiger partial charge in [0.1, 0.15) is 5.82 Å². The van der Waals surface area contributed by atoms with Gasteiger partial charge in [0.15, 0.2) is 29.1 Å². The molecule has 1 N–H and O–H groups in total. The smallest absolute Gasteiger partial charge is 0.337 e. The Labute approximate surface area is 235 Å². The lowest BCUT2D eigenvalue weighted by Gasteiger charge is -2.28. The van der Waals surface area contributed by atoms with Gasteiger partial charge >= 0.3 is 5.97 Å². The Morgan fingerprint density at radius 2 is 1.93 bits per heavy atom. The van der Waals surface area contributed by atoms with Crippen molar-refractivity contribution < 1.29 is 33.0 Å². The summed E-state index contributed by atoms with van der Waals surface area (Å²) in [4.78, 5) is 30.2. The summed E-state index contributed by atoms with van der Waals surface area (Å²) in [6.45, 7) is 9.15. The molecule has 0 unspecified atom stereocenters. The molecule has 2 aromatic heterocycles. The number of ether oxygens (including phenoxy) is 2. The van der Waals surface area contributed by atoms with Crippen LogP contribution in [0.15, 0.2) is 36.4 Å². The van der Waals surface area contributed by atoms with Gasteiger partial charge in [0.2, 0.25) is 0 Å². The van der Waals surface area contributed by atoms with E-state index in [0.29, 0.717) is 53.3 Å². The van der Waals surface area contributed by atoms with Gasteiger partial charge in [-0.1, -0.05) is 12.1 Å². The number of halogens is 2. The summed E-state index contributed by atoms with van der Waals surface area (Å²) in [5, 5.41) is 14.9. The number of fused-ring (bicyclic) bond motifs is 2. The summed E-state index contributed by atoms with van der Waals surface area (Å²) >= 11 is 0. The molecule has 0 saturated carbocycles. The van der Waals surface area contributed by atoms with Crippen LogP contribution in [0.2, 0.25) is 0 Å². The van der Waals surface area contributed by atoms with Crippen molar-refractivity contribution in [2.75, 3.05) is 6.61 Å². The number of carbonyl (C=O) groups is 2. The van der Waals surface area contributed by atoms with Crippen LogP contribution in [0.5, 0.6) is 5.75 Å². The molecule has 0 saturated heterocycles. The summed E-state index contributed by atoms with van der Waals surface area (Å²) in [6, 6.07) is 8.34. The predicted molar refractivity (Wildman–Crippen MR) is 147 cm³/mol. The monoisotopic (exact) mass is 563 g/mol. The van der Waals surface area contributed by atoms with Crippen molar-refractivity contribution in [2.45, 2.75) is 65.6 Å². The van der Waals surface area contributed by atoms with Crippen molar-refractivity contribution in [3.8, 4) is 17.0 Å². The molecule has 0 aliphatic carbocycles. The number of hydrogen-bond donors (Lipinski definition) is 1. The molecule has 0 spiro atoms. The maximum Gasteiger partial charge on any atom is 0.337 e. The number of Topliss-reactive ketones (excluding diaryl/α,β-unsaturated/α-hetero) is 1. The quantitative estimate of drug-likeness (QED) is 0.276. The molecule has 8 nitrogen and oxygen atoms in total. The van der Waals surface area contributed by atoms with E-state index < -0.39 is 29.3 Å². The van der Waals surface area contributed by atoms with Crippen LogP contribution < -0.4 is 4.74 Å². The molecule has 0 fully saturated rings. The minimum Gasteiger partial charge on any atom is -0.490 e. The van der Waals surface area contributed by atoms with Gasteiger partial charge in [-0.3, -0.25) is 4.79 Å². The molecule has 5 rings (SSSR count). The van der Waals surface area contributed by atoms with E-state index in [0.717, 1.165) is 11.6 Å². The van der Waals surface area contributed by atoms with Crippen LogP contribution >= 0.6 is 0 Å². The van der Waals surface area contributed by atoms with Gasteiger partial charge in [-0.05, 0) is 71.2 Å². The van der Waals surface area contributed by atoms with Crippen LogP contribution in [-0.2, 0) is 22.4 Å². The number of hydrogen-bond acceptors (Lipinski definition) is 6. The molecule has 1 atom stereocenters. The zero-order valence-corrected chi connectivity index (χ0v) is 23.5. The summed E-state index contributed by atoms with van der Waals surface area (Å²) < 4.78 is 42.3. The van der Waals surface area contributed by atoms with Crippen LogP contribution in [0.3, 0.4) is 0 Å². The number of benzene rings is 2. The topological polar surface area (TPSA) is 103 Å². The second-order valence-corrected chi connectivity index (χ2v) is 11.2. The molecule has 3 heterocycles. The van der Waals surface area contributed by atoms with E-state index in [9.17, 15) is 19.1 Å². The van der Waals surface area contributed by atoms with Crippen molar-refractivity contribution in [1.82, 2.24) is 14.6 Å². The highest BCUT2D eigenvalue weighted by Gasteiger charge is 2.34. The molecule has 0 radical (unpaired) electrons. The van der Waals surface area contributed by atoms with Crippen LogP contribution in [0.1, 0.15) is 71.7 Å². The number of rotatable bonds is 7. The van der Waals surface area contributed by atoms with Gasteiger partial charge in [-0.25, -0.2) is 23.1 Å². The largest absolute Gasteiger partial charge is 0.490 e. The summed E-state index contributed by atoms with van der Waals surface area (Å²) in [6.07, 6.45) is -0.277. The van der Waals surface area contributed by atoms with Crippen molar-refractivity contribution >= 4 is 17.4 Å². The molecule has 0 amide bonds. The maximum absolute atomic E-state index is 15.5. The first-order valence-corrected chi connectivity index (χ1v) is 13.4. The first kappa shape index (κ1) is 28.4. The van der Waals surface area contributed by atoms with Gasteiger partial charge in [-0.2, -0.15) is 5.10 Å². The number of nitrogens with zero attached hydrogens (tertiary/aromatic N) is 3. The zero-order valence-electron chi connectivity index (χ0n) is 23.5. The molecule has 41 heavy (non-hydrogen) atoms. The third-order valence-corrected chi connectivity index (χ3v) is 7.02. The minimum atomic E-state index is -1.45. The van der Waals surface area contributed by atoms with Gasteiger partial charge in [-0.15, -0.1) is 0 Å². The lowest BCUT2D eigenvalue weighted by molar-refractivity contribution is -0.160. The first-order valence-electron chi connectivity index (χ1n) is 13.4. The van der Waals surface area contributed by atoms with Crippen molar-refractivity contribution in [3.63, 3.8) is 0 Å². The Morgan fingerprint density at radius 3 is 2.61 bits per heavy atom. The number of aryl methyl sites for hydroxylation is 1. The third-order valence-electron chi connectivity index (χ3n) is 7.02. The van der Waals surface area contributed by atoms with E-state index in [2.05, 4.69) is 10.1 Å². The summed E-state index contributed by atoms with van der Waals surface area (Å²) in [5.74, 6) is -2.48. The Balaban J connectivity index is 1.76. The number of aliphatic carboxylic acids is 1. The van der Waals surface area contributed by atoms with Gasteiger partial charge < -0.3 is 14.6 Å². The van der Waals surface area contributed by atoms with Crippen molar-refractivity contribution in [2.24, 2.45) is 0 Å². The Morgan fingerprint density at radius 1 is 1.17 bits per heavy atom. The number of carboxylic acids is 1. The van der Waals surface area contributed by atoms with Crippen LogP contribution in [-0.4, -0.2) is 43.7 Å². The van der Waals surface area contributed by atoms with Crippen molar-refractivity contribution in [1.29, 1.82) is 0 Å².